The van der Waals surface area contributed by atoms with Gasteiger partial charge in [-0.1, -0.05) is 12.1 Å². The van der Waals surface area contributed by atoms with Crippen molar-refractivity contribution >= 4 is 16.0 Å². The van der Waals surface area contributed by atoms with Crippen molar-refractivity contribution in [3.05, 3.63) is 54.0 Å². The van der Waals surface area contributed by atoms with Gasteiger partial charge in [0.2, 0.25) is 0 Å². The van der Waals surface area contributed by atoms with Gasteiger partial charge in [0.05, 0.1) is 19.3 Å². The lowest BCUT2D eigenvalue weighted by molar-refractivity contribution is -0.00226. The number of aromatic nitrogens is 2. The average Bonchev–Trinajstić information content (AvgIpc) is 2.91. The van der Waals surface area contributed by atoms with Gasteiger partial charge >= 0.3 is 0 Å². The summed E-state index contributed by atoms with van der Waals surface area (Å²) in [4.78, 5) is 2.14. The predicted octanol–water partition coefficient (Wildman–Crippen LogP) is 2.97. The lowest BCUT2D eigenvalue weighted by Gasteiger charge is -2.40. The largest absolute Gasteiger partial charge is 0.383 e. The topological polar surface area (TPSA) is 96.9 Å². The van der Waals surface area contributed by atoms with E-state index < -0.39 is 10.2 Å². The fourth-order valence-corrected chi connectivity index (χ4v) is 6.42. The molecule has 1 N–H and O–H groups in total. The summed E-state index contributed by atoms with van der Waals surface area (Å²) in [5.41, 5.74) is 1.05. The molecule has 1 saturated heterocycles. The zero-order valence-corrected chi connectivity index (χ0v) is 22.4. The molecule has 1 aliphatic heterocycles. The molecular formula is C26H38FN5O4S. The lowest BCUT2D eigenvalue weighted by Crippen LogP contribution is -2.55. The minimum atomic E-state index is -3.66. The summed E-state index contributed by atoms with van der Waals surface area (Å²) in [6, 6.07) is 10.4. The van der Waals surface area contributed by atoms with Crippen LogP contribution in [0, 0.1) is 11.7 Å². The summed E-state index contributed by atoms with van der Waals surface area (Å²) in [7, 11) is -0.556. The summed E-state index contributed by atoms with van der Waals surface area (Å²) in [6.45, 7) is 2.34. The quantitative estimate of drug-likeness (QED) is 0.473. The fraction of sp³-hybridized carbons (Fsp3) is 0.615. The predicted molar refractivity (Wildman–Crippen MR) is 140 cm³/mol. The van der Waals surface area contributed by atoms with Crippen LogP contribution in [0.3, 0.4) is 0 Å². The minimum absolute atomic E-state index is 0.0534. The summed E-state index contributed by atoms with van der Waals surface area (Å²) < 4.78 is 55.2. The van der Waals surface area contributed by atoms with Gasteiger partial charge in [0.1, 0.15) is 5.82 Å². The number of hydrogen-bond acceptors (Lipinski definition) is 7. The molecule has 1 aromatic heterocycles. The second-order valence-electron chi connectivity index (χ2n) is 9.98. The van der Waals surface area contributed by atoms with Gasteiger partial charge < -0.3 is 14.4 Å². The first-order valence-corrected chi connectivity index (χ1v) is 14.4. The number of piperidine rings is 1. The van der Waals surface area contributed by atoms with Crippen molar-refractivity contribution in [2.45, 2.75) is 50.2 Å². The third-order valence-electron chi connectivity index (χ3n) is 7.48. The molecule has 0 amide bonds. The Morgan fingerprint density at radius 3 is 2.68 bits per heavy atom. The molecule has 37 heavy (non-hydrogen) atoms. The van der Waals surface area contributed by atoms with Crippen molar-refractivity contribution in [2.24, 2.45) is 5.92 Å². The highest BCUT2D eigenvalue weighted by atomic mass is 32.2. The molecular weight excluding hydrogens is 497 g/mol. The normalized spacial score (nSPS) is 24.9. The number of ether oxygens (including phenoxy) is 2. The molecule has 2 aliphatic rings. The molecule has 2 atom stereocenters. The highest BCUT2D eigenvalue weighted by Crippen LogP contribution is 2.35. The Hall–Kier alpha value is -2.18. The number of benzene rings is 1. The molecule has 2 aromatic rings. The van der Waals surface area contributed by atoms with Gasteiger partial charge in [0, 0.05) is 51.9 Å². The zero-order chi connectivity index (χ0) is 26.3. The molecule has 2 fully saturated rings. The van der Waals surface area contributed by atoms with E-state index in [9.17, 15) is 12.8 Å². The molecule has 2 heterocycles. The van der Waals surface area contributed by atoms with E-state index >= 15 is 0 Å². The number of nitrogens with one attached hydrogen (secondary N) is 1. The third kappa shape index (κ3) is 7.67. The fourth-order valence-electron chi connectivity index (χ4n) is 5.23. The van der Waals surface area contributed by atoms with Crippen LogP contribution < -0.4 is 9.62 Å². The Balaban J connectivity index is 1.37. The molecule has 0 spiro atoms. The highest BCUT2D eigenvalue weighted by molar-refractivity contribution is 7.87. The van der Waals surface area contributed by atoms with Crippen LogP contribution in [0.4, 0.5) is 10.2 Å². The van der Waals surface area contributed by atoms with Gasteiger partial charge in [-0.3, -0.25) is 0 Å². The van der Waals surface area contributed by atoms with Crippen molar-refractivity contribution in [1.29, 1.82) is 0 Å². The van der Waals surface area contributed by atoms with Gasteiger partial charge in [0.15, 0.2) is 5.82 Å². The van der Waals surface area contributed by atoms with E-state index in [2.05, 4.69) is 19.8 Å². The molecule has 4 rings (SSSR count). The Morgan fingerprint density at radius 2 is 1.97 bits per heavy atom. The summed E-state index contributed by atoms with van der Waals surface area (Å²) >= 11 is 0. The Labute approximate surface area is 219 Å². The molecule has 0 bridgehead atoms. The van der Waals surface area contributed by atoms with Gasteiger partial charge in [0.25, 0.3) is 10.2 Å². The maximum Gasteiger partial charge on any atom is 0.279 e. The molecule has 1 aromatic carbocycles. The maximum absolute atomic E-state index is 13.6. The van der Waals surface area contributed by atoms with E-state index in [1.54, 1.807) is 32.5 Å². The summed E-state index contributed by atoms with van der Waals surface area (Å²) in [5.74, 6) is 0.880. The first kappa shape index (κ1) is 27.8. The van der Waals surface area contributed by atoms with Gasteiger partial charge in [-0.25, -0.2) is 4.39 Å². The van der Waals surface area contributed by atoms with Crippen LogP contribution in [-0.4, -0.2) is 82.1 Å². The molecule has 0 radical (unpaired) electrons. The summed E-state index contributed by atoms with van der Waals surface area (Å²) in [5, 5.41) is 8.23. The van der Waals surface area contributed by atoms with Crippen LogP contribution in [0.5, 0.6) is 0 Å². The van der Waals surface area contributed by atoms with Crippen molar-refractivity contribution in [3.8, 4) is 0 Å². The number of rotatable bonds is 11. The van der Waals surface area contributed by atoms with Gasteiger partial charge in [-0.2, -0.15) is 22.5 Å². The molecule has 1 saturated carbocycles. The second-order valence-corrected chi connectivity index (χ2v) is 11.8. The number of halogens is 1. The van der Waals surface area contributed by atoms with Gasteiger partial charge in [-0.05, 0) is 67.9 Å². The first-order chi connectivity index (χ1) is 17.9. The Kier molecular flexibility index (Phi) is 9.83. The van der Waals surface area contributed by atoms with Crippen molar-refractivity contribution in [2.75, 3.05) is 51.9 Å². The lowest BCUT2D eigenvalue weighted by atomic mass is 9.82. The number of methoxy groups -OCH3 is 1. The smallest absolute Gasteiger partial charge is 0.279 e. The number of anilines is 1. The Morgan fingerprint density at radius 1 is 1.16 bits per heavy atom. The second kappa shape index (κ2) is 13.1. The average molecular weight is 536 g/mol. The van der Waals surface area contributed by atoms with Crippen LogP contribution in [0.2, 0.25) is 0 Å². The van der Waals surface area contributed by atoms with E-state index in [0.29, 0.717) is 38.6 Å². The molecule has 9 nitrogen and oxygen atoms in total. The summed E-state index contributed by atoms with van der Waals surface area (Å²) in [6.07, 6.45) is 6.08. The molecule has 11 heteroatoms. The minimum Gasteiger partial charge on any atom is -0.383 e. The number of nitrogens with zero attached hydrogens (tertiary/aromatic N) is 4. The van der Waals surface area contributed by atoms with Crippen LogP contribution >= 0.6 is 0 Å². The van der Waals surface area contributed by atoms with Crippen LogP contribution in [-0.2, 0) is 19.7 Å². The standard InChI is InChI=1S/C26H38FN5O4S/c1-31(15-16-35-2)37(33,34)30-25-12-14-32(26-7-4-13-28-29-26)18-22(25)19-36-24-10-8-20(9-11-24)21-5-3-6-23(27)17-21/h3-7,13,17,20,22,24-25,30H,8-12,14-16,18-19H2,1-2H3/t20?,22-,24?,25-/m0/s1. The highest BCUT2D eigenvalue weighted by Gasteiger charge is 2.35. The van der Waals surface area contributed by atoms with Crippen LogP contribution in [0.25, 0.3) is 0 Å². The SMILES string of the molecule is COCCN(C)S(=O)(=O)N[C@H]1CCN(c2cccnn2)C[C@H]1COC1CCC(c2cccc(F)c2)CC1. The van der Waals surface area contributed by atoms with E-state index in [0.717, 1.165) is 37.1 Å². The van der Waals surface area contributed by atoms with E-state index in [4.69, 9.17) is 9.47 Å². The molecule has 204 valence electrons. The van der Waals surface area contributed by atoms with Crippen molar-refractivity contribution in [3.63, 3.8) is 0 Å². The molecule has 1 aliphatic carbocycles. The number of likely N-dealkylation sites (N-methyl/N-ethyl adjacent to an activating group) is 1. The molecule has 0 unspecified atom stereocenters. The van der Waals surface area contributed by atoms with Crippen molar-refractivity contribution in [1.82, 2.24) is 19.2 Å². The van der Waals surface area contributed by atoms with Crippen molar-refractivity contribution < 1.29 is 22.3 Å². The Bertz CT molecular complexity index is 1090. The van der Waals surface area contributed by atoms with E-state index in [1.807, 2.05) is 18.2 Å². The number of hydrogen-bond donors (Lipinski definition) is 1. The van der Waals surface area contributed by atoms with Crippen LogP contribution in [0.1, 0.15) is 43.6 Å². The van der Waals surface area contributed by atoms with E-state index in [1.165, 1.54) is 10.4 Å². The zero-order valence-electron chi connectivity index (χ0n) is 21.6. The first-order valence-electron chi connectivity index (χ1n) is 13.0. The van der Waals surface area contributed by atoms with E-state index in [-0.39, 0.29) is 30.4 Å². The monoisotopic (exact) mass is 535 g/mol. The van der Waals surface area contributed by atoms with Crippen LogP contribution in [0.15, 0.2) is 42.6 Å². The third-order valence-corrected chi connectivity index (χ3v) is 9.08. The maximum atomic E-state index is 13.6. The van der Waals surface area contributed by atoms with Gasteiger partial charge in [-0.15, -0.1) is 5.10 Å².